The first-order valence-electron chi connectivity index (χ1n) is 13.9. The number of carbonyl (C=O) groups is 4. The molecule has 2 aromatic carbocycles. The van der Waals surface area contributed by atoms with Gasteiger partial charge in [0.1, 0.15) is 0 Å². The Labute approximate surface area is 235 Å². The monoisotopic (exact) mass is 531 g/mol. The first-order valence-corrected chi connectivity index (χ1v) is 13.9. The number of fused-ring (bicyclic) bond motifs is 2. The van der Waals surface area contributed by atoms with Gasteiger partial charge in [-0.15, -0.1) is 0 Å². The highest BCUT2D eigenvalue weighted by Gasteiger charge is 2.45. The number of Topliss-reactive ketones (excluding diaryl/α,β-unsaturated/α-hetero) is 2. The van der Waals surface area contributed by atoms with E-state index < -0.39 is 5.41 Å². The van der Waals surface area contributed by atoms with E-state index in [0.29, 0.717) is 22.3 Å². The Balaban J connectivity index is -0.000000135. The van der Waals surface area contributed by atoms with Crippen LogP contribution in [0.1, 0.15) is 146 Å². The molecule has 38 heavy (non-hydrogen) atoms. The molecule has 0 bridgehead atoms. The smallest absolute Gasteiger partial charge is 0.261 e. The van der Waals surface area contributed by atoms with Gasteiger partial charge >= 0.3 is 0 Å². The maximum Gasteiger partial charge on any atom is 0.261 e. The predicted molar refractivity (Wildman–Crippen MR) is 167 cm³/mol. The summed E-state index contributed by atoms with van der Waals surface area (Å²) in [6, 6.07) is 13.8. The minimum atomic E-state index is -0.857. The predicted octanol–water partition coefficient (Wildman–Crippen LogP) is 9.80. The highest BCUT2D eigenvalue weighted by Crippen LogP contribution is 2.35. The third-order valence-electron chi connectivity index (χ3n) is 4.55. The van der Waals surface area contributed by atoms with Gasteiger partial charge in [-0.3, -0.25) is 24.1 Å². The maximum absolute atomic E-state index is 11.7. The fraction of sp³-hybridized carbons (Fsp3) is 0.515. The fourth-order valence-electron chi connectivity index (χ4n) is 2.97. The number of amides is 2. The Hall–Kier alpha value is -3.08. The van der Waals surface area contributed by atoms with Gasteiger partial charge in [-0.05, 0) is 26.0 Å². The third kappa shape index (κ3) is 11.1. The van der Waals surface area contributed by atoms with Crippen molar-refractivity contribution in [1.82, 2.24) is 4.90 Å². The second-order valence-electron chi connectivity index (χ2n) is 6.54. The van der Waals surface area contributed by atoms with Crippen LogP contribution in [0, 0.1) is 5.41 Å². The SMILES string of the molecule is C.CC.CC.CC.CC.CC.CC.CC1(C)C(=O)c2ccccc2C1=O.CN1C(=O)c2ccccc2C1=O. The van der Waals surface area contributed by atoms with Gasteiger partial charge in [0, 0.05) is 18.2 Å². The van der Waals surface area contributed by atoms with E-state index in [-0.39, 0.29) is 30.8 Å². The summed E-state index contributed by atoms with van der Waals surface area (Å²) in [7, 11) is 1.49. The molecule has 2 aliphatic rings. The van der Waals surface area contributed by atoms with Crippen LogP contribution in [0.4, 0.5) is 0 Å². The molecule has 0 fully saturated rings. The molecule has 0 unspecified atom stereocenters. The second-order valence-corrected chi connectivity index (χ2v) is 6.54. The van der Waals surface area contributed by atoms with Crippen molar-refractivity contribution >= 4 is 23.4 Å². The molecule has 0 aromatic heterocycles. The Kier molecular flexibility index (Phi) is 30.2. The normalized spacial score (nSPS) is 12.2. The van der Waals surface area contributed by atoms with Crippen molar-refractivity contribution in [3.8, 4) is 0 Å². The van der Waals surface area contributed by atoms with Crippen molar-refractivity contribution in [3.05, 3.63) is 70.8 Å². The van der Waals surface area contributed by atoms with Crippen LogP contribution < -0.4 is 0 Å². The molecule has 2 aromatic rings. The van der Waals surface area contributed by atoms with E-state index in [2.05, 4.69) is 0 Å². The van der Waals surface area contributed by atoms with Gasteiger partial charge in [-0.1, -0.05) is 127 Å². The summed E-state index contributed by atoms with van der Waals surface area (Å²) in [4.78, 5) is 47.2. The van der Waals surface area contributed by atoms with Gasteiger partial charge in [0.25, 0.3) is 11.8 Å². The van der Waals surface area contributed by atoms with Crippen LogP contribution in [0.15, 0.2) is 48.5 Å². The van der Waals surface area contributed by atoms with Crippen LogP contribution in [-0.2, 0) is 0 Å². The largest absolute Gasteiger partial charge is 0.293 e. The van der Waals surface area contributed by atoms with Crippen LogP contribution in [-0.4, -0.2) is 35.3 Å². The Bertz CT molecular complexity index is 858. The van der Waals surface area contributed by atoms with E-state index in [4.69, 9.17) is 0 Å². The summed E-state index contributed by atoms with van der Waals surface area (Å²) in [6.07, 6.45) is 0. The first kappa shape index (κ1) is 44.9. The third-order valence-corrected chi connectivity index (χ3v) is 4.55. The van der Waals surface area contributed by atoms with Crippen molar-refractivity contribution < 1.29 is 19.2 Å². The second kappa shape index (κ2) is 25.6. The van der Waals surface area contributed by atoms with Crippen molar-refractivity contribution in [1.29, 1.82) is 0 Å². The quantitative estimate of drug-likeness (QED) is 0.250. The molecule has 0 spiro atoms. The molecule has 218 valence electrons. The van der Waals surface area contributed by atoms with Gasteiger partial charge in [-0.2, -0.15) is 0 Å². The number of imide groups is 1. The summed E-state index contributed by atoms with van der Waals surface area (Å²) in [5.74, 6) is -0.549. The van der Waals surface area contributed by atoms with E-state index in [1.807, 2.05) is 83.1 Å². The van der Waals surface area contributed by atoms with Gasteiger partial charge in [-0.25, -0.2) is 0 Å². The van der Waals surface area contributed by atoms with Gasteiger partial charge in [0.2, 0.25) is 0 Å². The van der Waals surface area contributed by atoms with E-state index in [0.717, 1.165) is 4.90 Å². The molecule has 0 N–H and O–H groups in total. The molecular weight excluding hydrogens is 474 g/mol. The topological polar surface area (TPSA) is 71.5 Å². The standard InChI is InChI=1S/C11H10O2.C9H7NO2.6C2H6.CH4/c1-11(2)9(12)7-5-3-4-6-8(7)10(11)13;1-10-8(11)6-4-2-3-5-7(6)9(10)12;6*1-2;/h3-6H,1-2H3;2-5H,1H3;6*1-2H3;1H4. The molecule has 1 aliphatic carbocycles. The molecule has 1 heterocycles. The van der Waals surface area contributed by atoms with E-state index in [1.165, 1.54) is 7.05 Å². The molecular formula is C33H57NO4. The number of ketones is 2. The highest BCUT2D eigenvalue weighted by atomic mass is 16.2. The zero-order chi connectivity index (χ0) is 30.4. The van der Waals surface area contributed by atoms with Crippen LogP contribution in [0.2, 0.25) is 0 Å². The maximum atomic E-state index is 11.7. The Morgan fingerprint density at radius 2 is 0.684 bits per heavy atom. The lowest BCUT2D eigenvalue weighted by Crippen LogP contribution is -2.25. The Morgan fingerprint density at radius 1 is 0.474 bits per heavy atom. The van der Waals surface area contributed by atoms with E-state index in [9.17, 15) is 19.2 Å². The highest BCUT2D eigenvalue weighted by molar-refractivity contribution is 6.29. The fourth-order valence-corrected chi connectivity index (χ4v) is 2.97. The van der Waals surface area contributed by atoms with Crippen LogP contribution >= 0.6 is 0 Å². The molecule has 5 heteroatoms. The summed E-state index contributed by atoms with van der Waals surface area (Å²) in [5.41, 5.74) is 1.29. The molecule has 0 saturated heterocycles. The van der Waals surface area contributed by atoms with Gasteiger partial charge in [0.15, 0.2) is 11.6 Å². The average molecular weight is 532 g/mol. The summed E-state index contributed by atoms with van der Waals surface area (Å²) in [6.45, 7) is 27.4. The Morgan fingerprint density at radius 3 is 0.921 bits per heavy atom. The van der Waals surface area contributed by atoms with E-state index >= 15 is 0 Å². The molecule has 4 rings (SSSR count). The van der Waals surface area contributed by atoms with E-state index in [1.54, 1.807) is 62.4 Å². The van der Waals surface area contributed by atoms with Crippen LogP contribution in [0.25, 0.3) is 0 Å². The number of benzene rings is 2. The lowest BCUT2D eigenvalue weighted by Gasteiger charge is -2.11. The number of hydrogen-bond donors (Lipinski definition) is 0. The van der Waals surface area contributed by atoms with Crippen molar-refractivity contribution in [3.63, 3.8) is 0 Å². The first-order chi connectivity index (χ1) is 17.8. The van der Waals surface area contributed by atoms with Crippen molar-refractivity contribution in [2.24, 2.45) is 5.41 Å². The number of carbonyl (C=O) groups excluding carboxylic acids is 4. The molecule has 2 amide bonds. The average Bonchev–Trinajstić information content (AvgIpc) is 3.32. The van der Waals surface area contributed by atoms with Crippen LogP contribution in [0.5, 0.6) is 0 Å². The lowest BCUT2D eigenvalue weighted by molar-refractivity contribution is 0.0689. The minimum absolute atomic E-state index is 0. The number of rotatable bonds is 0. The zero-order valence-electron chi connectivity index (χ0n) is 26.2. The van der Waals surface area contributed by atoms with Crippen molar-refractivity contribution in [2.45, 2.75) is 104 Å². The summed E-state index contributed by atoms with van der Waals surface area (Å²) >= 11 is 0. The zero-order valence-corrected chi connectivity index (χ0v) is 26.2. The molecule has 5 nitrogen and oxygen atoms in total. The lowest BCUT2D eigenvalue weighted by atomic mass is 9.88. The summed E-state index contributed by atoms with van der Waals surface area (Å²) in [5, 5.41) is 0. The molecule has 1 aliphatic heterocycles. The molecule has 0 atom stereocenters. The number of nitrogens with zero attached hydrogens (tertiary/aromatic N) is 1. The number of hydrogen-bond acceptors (Lipinski definition) is 4. The van der Waals surface area contributed by atoms with Crippen LogP contribution in [0.3, 0.4) is 0 Å². The minimum Gasteiger partial charge on any atom is -0.293 e. The molecule has 0 saturated carbocycles. The molecule has 0 radical (unpaired) electrons. The van der Waals surface area contributed by atoms with Crippen molar-refractivity contribution in [2.75, 3.05) is 7.05 Å². The summed E-state index contributed by atoms with van der Waals surface area (Å²) < 4.78 is 0. The van der Waals surface area contributed by atoms with Gasteiger partial charge < -0.3 is 0 Å². The van der Waals surface area contributed by atoms with Gasteiger partial charge in [0.05, 0.1) is 16.5 Å².